The minimum absolute atomic E-state index is 0.105. The van der Waals surface area contributed by atoms with Crippen LogP contribution in [0.2, 0.25) is 0 Å². The van der Waals surface area contributed by atoms with Gasteiger partial charge < -0.3 is 4.74 Å². The number of methoxy groups -OCH3 is 1. The Kier molecular flexibility index (Phi) is 3.55. The molecule has 0 bridgehead atoms. The van der Waals surface area contributed by atoms with Crippen molar-refractivity contribution >= 4 is 11.7 Å². The number of benzene rings is 1. The zero-order valence-electron chi connectivity index (χ0n) is 8.82. The fourth-order valence-electron chi connectivity index (χ4n) is 1.38. The molecule has 0 aliphatic heterocycles. The summed E-state index contributed by atoms with van der Waals surface area (Å²) in [6.07, 6.45) is -0.105. The number of nitrogens with zero attached hydrogens (tertiary/aromatic N) is 1. The fraction of sp³-hybridized carbons (Fsp3) is 0.300. The molecule has 86 valence electrons. The first kappa shape index (κ1) is 12.1. The molecule has 0 atom stereocenters. The molecule has 0 fully saturated rings. The normalized spacial score (nSPS) is 9.94. The Balaban J connectivity index is 3.10. The lowest BCUT2D eigenvalue weighted by Gasteiger charge is -2.03. The molecule has 0 aliphatic rings. The number of carbonyl (C=O) groups is 1. The minimum atomic E-state index is -0.941. The van der Waals surface area contributed by atoms with Crippen LogP contribution in [0.15, 0.2) is 12.1 Å². The monoisotopic (exact) mass is 227 g/mol. The number of halogens is 1. The summed E-state index contributed by atoms with van der Waals surface area (Å²) in [7, 11) is 1.22. The predicted molar refractivity (Wildman–Crippen MR) is 53.5 cm³/mol. The molecule has 0 saturated heterocycles. The first-order chi connectivity index (χ1) is 7.45. The molecule has 1 rings (SSSR count). The molecule has 1 aromatic carbocycles. The van der Waals surface area contributed by atoms with Crippen LogP contribution >= 0.6 is 0 Å². The summed E-state index contributed by atoms with van der Waals surface area (Å²) >= 11 is 0. The van der Waals surface area contributed by atoms with Crippen molar-refractivity contribution in [1.82, 2.24) is 0 Å². The number of carbonyl (C=O) groups excluding carboxylic acids is 1. The Morgan fingerprint density at radius 3 is 2.62 bits per heavy atom. The maximum Gasteiger partial charge on any atom is 0.309 e. The number of hydrogen-bond acceptors (Lipinski definition) is 4. The summed E-state index contributed by atoms with van der Waals surface area (Å²) in [5, 5.41) is 10.5. The third-order valence-corrected chi connectivity index (χ3v) is 2.07. The van der Waals surface area contributed by atoms with E-state index in [-0.39, 0.29) is 12.0 Å². The lowest BCUT2D eigenvalue weighted by Crippen LogP contribution is -2.06. The number of esters is 1. The van der Waals surface area contributed by atoms with E-state index in [0.29, 0.717) is 5.56 Å². The van der Waals surface area contributed by atoms with Crippen LogP contribution in [0.3, 0.4) is 0 Å². The smallest absolute Gasteiger partial charge is 0.309 e. The quantitative estimate of drug-likeness (QED) is 0.448. The molecular formula is C10H10FNO4. The highest BCUT2D eigenvalue weighted by Crippen LogP contribution is 2.23. The molecule has 0 aromatic heterocycles. The van der Waals surface area contributed by atoms with Gasteiger partial charge in [0, 0.05) is 5.56 Å². The van der Waals surface area contributed by atoms with Gasteiger partial charge in [0.2, 0.25) is 5.82 Å². The van der Waals surface area contributed by atoms with Gasteiger partial charge >= 0.3 is 11.7 Å². The van der Waals surface area contributed by atoms with Crippen molar-refractivity contribution in [2.24, 2.45) is 0 Å². The van der Waals surface area contributed by atoms with Crippen molar-refractivity contribution in [3.63, 3.8) is 0 Å². The second-order valence-electron chi connectivity index (χ2n) is 3.25. The van der Waals surface area contributed by atoms with E-state index in [4.69, 9.17) is 0 Å². The van der Waals surface area contributed by atoms with E-state index >= 15 is 0 Å². The Bertz CT molecular complexity index is 421. The number of rotatable bonds is 3. The van der Waals surface area contributed by atoms with Gasteiger partial charge in [-0.2, -0.15) is 4.39 Å². The van der Waals surface area contributed by atoms with Gasteiger partial charge in [0.05, 0.1) is 18.5 Å². The second-order valence-corrected chi connectivity index (χ2v) is 3.25. The largest absolute Gasteiger partial charge is 0.469 e. The lowest BCUT2D eigenvalue weighted by atomic mass is 10.1. The molecule has 1 aromatic rings. The Morgan fingerprint density at radius 1 is 1.56 bits per heavy atom. The van der Waals surface area contributed by atoms with Crippen LogP contribution in [0, 0.1) is 22.9 Å². The van der Waals surface area contributed by atoms with Crippen LogP contribution in [0.25, 0.3) is 0 Å². The first-order valence-corrected chi connectivity index (χ1v) is 4.46. The lowest BCUT2D eigenvalue weighted by molar-refractivity contribution is -0.388. The van der Waals surface area contributed by atoms with Gasteiger partial charge in [-0.25, -0.2) is 0 Å². The standard InChI is InChI=1S/C10H10FNO4/c1-6-3-7(5-9(13)16-2)4-8(11)10(6)12(14)15/h3-4H,5H2,1-2H3. The molecular weight excluding hydrogens is 217 g/mol. The summed E-state index contributed by atoms with van der Waals surface area (Å²) in [6.45, 7) is 1.42. The molecule has 16 heavy (non-hydrogen) atoms. The topological polar surface area (TPSA) is 69.4 Å². The first-order valence-electron chi connectivity index (χ1n) is 4.46. The Hall–Kier alpha value is -1.98. The molecule has 0 heterocycles. The molecule has 0 N–H and O–H groups in total. The SMILES string of the molecule is COC(=O)Cc1cc(C)c([N+](=O)[O-])c(F)c1. The van der Waals surface area contributed by atoms with Crippen LogP contribution < -0.4 is 0 Å². The van der Waals surface area contributed by atoms with E-state index in [9.17, 15) is 19.3 Å². The van der Waals surface area contributed by atoms with E-state index in [1.54, 1.807) is 0 Å². The van der Waals surface area contributed by atoms with Crippen molar-refractivity contribution in [3.05, 3.63) is 39.2 Å². The number of ether oxygens (including phenoxy) is 1. The number of nitro groups is 1. The zero-order valence-corrected chi connectivity index (χ0v) is 8.82. The summed E-state index contributed by atoms with van der Waals surface area (Å²) in [5.74, 6) is -1.46. The third kappa shape index (κ3) is 2.53. The van der Waals surface area contributed by atoms with Crippen LogP contribution in [0.5, 0.6) is 0 Å². The van der Waals surface area contributed by atoms with E-state index in [1.165, 1.54) is 20.1 Å². The van der Waals surface area contributed by atoms with E-state index in [2.05, 4.69) is 4.74 Å². The summed E-state index contributed by atoms with van der Waals surface area (Å²) in [4.78, 5) is 20.7. The average Bonchev–Trinajstić information content (AvgIpc) is 2.15. The number of hydrogen-bond donors (Lipinski definition) is 0. The van der Waals surface area contributed by atoms with Gasteiger partial charge in [0.1, 0.15) is 0 Å². The van der Waals surface area contributed by atoms with Crippen LogP contribution in [-0.4, -0.2) is 18.0 Å². The van der Waals surface area contributed by atoms with Crippen molar-refractivity contribution in [1.29, 1.82) is 0 Å². The van der Waals surface area contributed by atoms with Crippen LogP contribution in [-0.2, 0) is 16.0 Å². The highest BCUT2D eigenvalue weighted by atomic mass is 19.1. The maximum absolute atomic E-state index is 13.3. The summed E-state index contributed by atoms with van der Waals surface area (Å²) < 4.78 is 17.7. The van der Waals surface area contributed by atoms with Crippen LogP contribution in [0.1, 0.15) is 11.1 Å². The molecule has 0 radical (unpaired) electrons. The average molecular weight is 227 g/mol. The molecule has 0 saturated carbocycles. The van der Waals surface area contributed by atoms with Crippen molar-refractivity contribution in [3.8, 4) is 0 Å². The molecule has 6 heteroatoms. The predicted octanol–water partition coefficient (Wildman–Crippen LogP) is 1.76. The molecule has 0 spiro atoms. The van der Waals surface area contributed by atoms with Crippen LogP contribution in [0.4, 0.5) is 10.1 Å². The third-order valence-electron chi connectivity index (χ3n) is 2.07. The maximum atomic E-state index is 13.3. The van der Waals surface area contributed by atoms with Gasteiger partial charge in [-0.05, 0) is 24.6 Å². The minimum Gasteiger partial charge on any atom is -0.469 e. The zero-order chi connectivity index (χ0) is 12.3. The van der Waals surface area contributed by atoms with Gasteiger partial charge in [-0.15, -0.1) is 0 Å². The van der Waals surface area contributed by atoms with Gasteiger partial charge in [-0.3, -0.25) is 14.9 Å². The fourth-order valence-corrected chi connectivity index (χ4v) is 1.38. The van der Waals surface area contributed by atoms with Crippen molar-refractivity contribution in [2.45, 2.75) is 13.3 Å². The Morgan fingerprint density at radius 2 is 2.19 bits per heavy atom. The second kappa shape index (κ2) is 4.69. The summed E-state index contributed by atoms with van der Waals surface area (Å²) in [6, 6.07) is 2.38. The molecule has 0 aliphatic carbocycles. The van der Waals surface area contributed by atoms with E-state index in [0.717, 1.165) is 6.07 Å². The summed E-state index contributed by atoms with van der Waals surface area (Å²) in [5.41, 5.74) is -0.0232. The van der Waals surface area contributed by atoms with E-state index in [1.807, 2.05) is 0 Å². The number of nitro benzene ring substituents is 1. The molecule has 0 unspecified atom stereocenters. The molecule has 0 amide bonds. The van der Waals surface area contributed by atoms with Gasteiger partial charge in [-0.1, -0.05) is 0 Å². The highest BCUT2D eigenvalue weighted by Gasteiger charge is 2.19. The van der Waals surface area contributed by atoms with E-state index < -0.39 is 22.4 Å². The van der Waals surface area contributed by atoms with Crippen molar-refractivity contribution in [2.75, 3.05) is 7.11 Å². The van der Waals surface area contributed by atoms with Crippen molar-refractivity contribution < 1.29 is 18.8 Å². The van der Waals surface area contributed by atoms with Gasteiger partial charge in [0.15, 0.2) is 0 Å². The molecule has 5 nitrogen and oxygen atoms in total. The number of aryl methyl sites for hydroxylation is 1. The highest BCUT2D eigenvalue weighted by molar-refractivity contribution is 5.72. The van der Waals surface area contributed by atoms with Gasteiger partial charge in [0.25, 0.3) is 0 Å². The Labute approximate surface area is 91.0 Å².